The zero-order chi connectivity index (χ0) is 18.5. The molecule has 2 aromatic heterocycles. The van der Waals surface area contributed by atoms with Gasteiger partial charge in [-0.05, 0) is 42.3 Å². The molecule has 1 aromatic carbocycles. The lowest BCUT2D eigenvalue weighted by Gasteiger charge is -2.10. The summed E-state index contributed by atoms with van der Waals surface area (Å²) in [5.74, 6) is 0.307. The fourth-order valence-electron chi connectivity index (χ4n) is 2.21. The molecule has 2 heterocycles. The highest BCUT2D eigenvalue weighted by Gasteiger charge is 2.25. The van der Waals surface area contributed by atoms with E-state index >= 15 is 0 Å². The number of anilines is 1. The van der Waals surface area contributed by atoms with E-state index in [0.717, 1.165) is 11.1 Å². The van der Waals surface area contributed by atoms with Gasteiger partial charge in [-0.1, -0.05) is 17.7 Å². The summed E-state index contributed by atoms with van der Waals surface area (Å²) < 4.78 is 5.60. The summed E-state index contributed by atoms with van der Waals surface area (Å²) in [6.07, 6.45) is 4.52. The second-order valence-electron chi connectivity index (χ2n) is 5.36. The molecule has 0 radical (unpaired) electrons. The van der Waals surface area contributed by atoms with E-state index in [1.54, 1.807) is 36.7 Å². The minimum atomic E-state index is -0.580. The second kappa shape index (κ2) is 7.75. The van der Waals surface area contributed by atoms with Crippen LogP contribution in [0.5, 0.6) is 11.6 Å². The van der Waals surface area contributed by atoms with Crippen molar-refractivity contribution in [3.05, 3.63) is 75.3 Å². The number of nitro groups is 1. The molecule has 0 aliphatic heterocycles. The van der Waals surface area contributed by atoms with Crippen LogP contribution in [-0.2, 0) is 6.54 Å². The molecule has 0 atom stereocenters. The van der Waals surface area contributed by atoms with Crippen molar-refractivity contribution in [1.82, 2.24) is 15.0 Å². The summed E-state index contributed by atoms with van der Waals surface area (Å²) in [5.41, 5.74) is 1.30. The van der Waals surface area contributed by atoms with Crippen molar-refractivity contribution in [1.29, 1.82) is 0 Å². The Morgan fingerprint density at radius 2 is 2.15 bits per heavy atom. The van der Waals surface area contributed by atoms with E-state index in [1.807, 2.05) is 13.0 Å². The number of nitrogens with zero attached hydrogens (tertiary/aromatic N) is 4. The molecule has 9 heteroatoms. The molecule has 0 bridgehead atoms. The molecule has 0 aliphatic rings. The highest BCUT2D eigenvalue weighted by Crippen LogP contribution is 2.35. The van der Waals surface area contributed by atoms with Gasteiger partial charge in [-0.15, -0.1) is 0 Å². The monoisotopic (exact) mass is 371 g/mol. The first-order valence-electron chi connectivity index (χ1n) is 7.61. The third kappa shape index (κ3) is 4.04. The molecule has 26 heavy (non-hydrogen) atoms. The number of rotatable bonds is 6. The van der Waals surface area contributed by atoms with E-state index in [1.165, 1.54) is 6.33 Å². The lowest BCUT2D eigenvalue weighted by atomic mass is 10.2. The number of aryl methyl sites for hydroxylation is 1. The van der Waals surface area contributed by atoms with Crippen LogP contribution in [0.15, 0.2) is 49.1 Å². The van der Waals surface area contributed by atoms with Gasteiger partial charge in [0.05, 0.1) is 4.92 Å². The van der Waals surface area contributed by atoms with E-state index < -0.39 is 4.92 Å². The van der Waals surface area contributed by atoms with Crippen molar-refractivity contribution >= 4 is 23.1 Å². The number of halogens is 1. The first kappa shape index (κ1) is 17.6. The fourth-order valence-corrected chi connectivity index (χ4v) is 2.33. The Bertz CT molecular complexity index is 937. The summed E-state index contributed by atoms with van der Waals surface area (Å²) in [7, 11) is 0. The summed E-state index contributed by atoms with van der Waals surface area (Å²) in [6, 6.07) is 8.57. The number of benzene rings is 1. The van der Waals surface area contributed by atoms with Gasteiger partial charge in [-0.2, -0.15) is 4.98 Å². The van der Waals surface area contributed by atoms with Crippen LogP contribution in [0.2, 0.25) is 5.02 Å². The number of aromatic nitrogens is 3. The molecule has 3 aromatic rings. The number of hydrogen-bond donors (Lipinski definition) is 1. The average molecular weight is 372 g/mol. The topological polar surface area (TPSA) is 103 Å². The number of pyridine rings is 1. The predicted octanol–water partition coefficient (Wildman–Crippen LogP) is 4.15. The molecule has 0 saturated carbocycles. The highest BCUT2D eigenvalue weighted by atomic mass is 35.5. The summed E-state index contributed by atoms with van der Waals surface area (Å²) in [5, 5.41) is 15.0. The quantitative estimate of drug-likeness (QED) is 0.512. The summed E-state index contributed by atoms with van der Waals surface area (Å²) in [4.78, 5) is 22.8. The lowest BCUT2D eigenvalue weighted by molar-refractivity contribution is -0.385. The Hall–Kier alpha value is -3.26. The maximum absolute atomic E-state index is 11.5. The molecule has 0 spiro atoms. The van der Waals surface area contributed by atoms with Crippen LogP contribution in [0.3, 0.4) is 0 Å². The van der Waals surface area contributed by atoms with E-state index in [-0.39, 0.29) is 17.4 Å². The van der Waals surface area contributed by atoms with Gasteiger partial charge in [0.2, 0.25) is 5.82 Å². The summed E-state index contributed by atoms with van der Waals surface area (Å²) in [6.45, 7) is 2.13. The lowest BCUT2D eigenvalue weighted by Crippen LogP contribution is -2.07. The maximum atomic E-state index is 11.5. The van der Waals surface area contributed by atoms with Gasteiger partial charge in [0.1, 0.15) is 12.1 Å². The SMILES string of the molecule is Cc1cc(Oc2ncnc(NCc3cccnc3)c2[N+](=O)[O-])ccc1Cl. The van der Waals surface area contributed by atoms with Crippen LogP contribution in [0.1, 0.15) is 11.1 Å². The first-order valence-corrected chi connectivity index (χ1v) is 7.98. The fraction of sp³-hybridized carbons (Fsp3) is 0.118. The normalized spacial score (nSPS) is 10.4. The molecule has 132 valence electrons. The van der Waals surface area contributed by atoms with Gasteiger partial charge in [0.25, 0.3) is 0 Å². The number of ether oxygens (including phenoxy) is 1. The Morgan fingerprint density at radius 3 is 2.85 bits per heavy atom. The molecule has 0 amide bonds. The second-order valence-corrected chi connectivity index (χ2v) is 5.77. The minimum Gasteiger partial charge on any atom is -0.434 e. The van der Waals surface area contributed by atoms with E-state index in [4.69, 9.17) is 16.3 Å². The van der Waals surface area contributed by atoms with Crippen molar-refractivity contribution in [3.63, 3.8) is 0 Å². The zero-order valence-electron chi connectivity index (χ0n) is 13.7. The largest absolute Gasteiger partial charge is 0.434 e. The van der Waals surface area contributed by atoms with Crippen LogP contribution < -0.4 is 10.1 Å². The van der Waals surface area contributed by atoms with Crippen molar-refractivity contribution < 1.29 is 9.66 Å². The van der Waals surface area contributed by atoms with E-state index in [9.17, 15) is 10.1 Å². The molecule has 0 unspecified atom stereocenters. The first-order chi connectivity index (χ1) is 12.5. The zero-order valence-corrected chi connectivity index (χ0v) is 14.5. The van der Waals surface area contributed by atoms with Crippen LogP contribution in [0.4, 0.5) is 11.5 Å². The Kier molecular flexibility index (Phi) is 5.23. The van der Waals surface area contributed by atoms with Crippen LogP contribution in [0.25, 0.3) is 0 Å². The Morgan fingerprint density at radius 1 is 1.31 bits per heavy atom. The third-order valence-corrected chi connectivity index (χ3v) is 3.92. The highest BCUT2D eigenvalue weighted by molar-refractivity contribution is 6.31. The molecule has 8 nitrogen and oxygen atoms in total. The molecule has 0 aliphatic carbocycles. The van der Waals surface area contributed by atoms with Crippen molar-refractivity contribution in [2.45, 2.75) is 13.5 Å². The van der Waals surface area contributed by atoms with E-state index in [0.29, 0.717) is 17.3 Å². The molecular formula is C17H14ClN5O3. The Balaban J connectivity index is 1.88. The Labute approximate surface area is 154 Å². The molecule has 1 N–H and O–H groups in total. The van der Waals surface area contributed by atoms with E-state index in [2.05, 4.69) is 20.3 Å². The third-order valence-electron chi connectivity index (χ3n) is 3.50. The van der Waals surface area contributed by atoms with Crippen LogP contribution in [-0.4, -0.2) is 19.9 Å². The smallest absolute Gasteiger partial charge is 0.373 e. The average Bonchev–Trinajstić information content (AvgIpc) is 2.64. The number of hydrogen-bond acceptors (Lipinski definition) is 7. The number of nitrogens with one attached hydrogen (secondary N) is 1. The van der Waals surface area contributed by atoms with Gasteiger partial charge in [-0.3, -0.25) is 15.1 Å². The van der Waals surface area contributed by atoms with Crippen molar-refractivity contribution in [2.75, 3.05) is 5.32 Å². The van der Waals surface area contributed by atoms with Gasteiger partial charge < -0.3 is 10.1 Å². The molecule has 0 fully saturated rings. The van der Waals surface area contributed by atoms with Crippen molar-refractivity contribution in [3.8, 4) is 11.6 Å². The standard InChI is InChI=1S/C17H14ClN5O3/c1-11-7-13(4-5-14(11)18)26-17-15(23(24)25)16(21-10-22-17)20-9-12-3-2-6-19-8-12/h2-8,10H,9H2,1H3,(H,20,21,22). The van der Waals surface area contributed by atoms with Gasteiger partial charge >= 0.3 is 11.6 Å². The van der Waals surface area contributed by atoms with Crippen molar-refractivity contribution in [2.24, 2.45) is 0 Å². The van der Waals surface area contributed by atoms with Gasteiger partial charge in [0.15, 0.2) is 0 Å². The molecular weight excluding hydrogens is 358 g/mol. The molecule has 3 rings (SSSR count). The van der Waals surface area contributed by atoms with Gasteiger partial charge in [0, 0.05) is 24.0 Å². The minimum absolute atomic E-state index is 0.0644. The van der Waals surface area contributed by atoms with Gasteiger partial charge in [-0.25, -0.2) is 4.98 Å². The predicted molar refractivity (Wildman–Crippen MR) is 96.5 cm³/mol. The summed E-state index contributed by atoms with van der Waals surface area (Å²) >= 11 is 5.99. The van der Waals surface area contributed by atoms with Crippen LogP contribution in [0, 0.1) is 17.0 Å². The molecule has 0 saturated heterocycles. The maximum Gasteiger partial charge on any atom is 0.373 e. The van der Waals surface area contributed by atoms with Crippen LogP contribution >= 0.6 is 11.6 Å².